The summed E-state index contributed by atoms with van der Waals surface area (Å²) in [5.41, 5.74) is 11.0. The quantitative estimate of drug-likeness (QED) is 0.119. The van der Waals surface area contributed by atoms with E-state index in [1.807, 2.05) is 6.26 Å². The van der Waals surface area contributed by atoms with Crippen LogP contribution in [0.4, 0.5) is 0 Å². The van der Waals surface area contributed by atoms with E-state index in [9.17, 15) is 24.3 Å². The molecule has 1 saturated heterocycles. The minimum absolute atomic E-state index is 0.228. The molecule has 4 unspecified atom stereocenters. The Morgan fingerprint density at radius 3 is 1.97 bits per heavy atom. The number of unbranched alkanes of at least 4 members (excludes halogenated alkanes) is 2. The molecular weight excluding hydrogens is 460 g/mol. The maximum Gasteiger partial charge on any atom is 0.326 e. The van der Waals surface area contributed by atoms with Crippen LogP contribution in [0.1, 0.15) is 57.8 Å². The fraction of sp³-hybridized carbons (Fsp3) is 0.818. The zero-order chi connectivity index (χ0) is 25.3. The van der Waals surface area contributed by atoms with Gasteiger partial charge in [0.15, 0.2) is 0 Å². The van der Waals surface area contributed by atoms with Crippen molar-refractivity contribution in [2.24, 2.45) is 11.5 Å². The molecule has 1 aliphatic rings. The fourth-order valence-corrected chi connectivity index (χ4v) is 4.21. The van der Waals surface area contributed by atoms with E-state index in [4.69, 9.17) is 11.5 Å². The van der Waals surface area contributed by atoms with E-state index >= 15 is 0 Å². The molecule has 1 heterocycles. The van der Waals surface area contributed by atoms with Gasteiger partial charge < -0.3 is 37.8 Å². The molecule has 0 saturated carbocycles. The number of hydrogen-bond donors (Lipinski definition) is 7. The average Bonchev–Trinajstić information content (AvgIpc) is 3.35. The molecule has 0 aromatic rings. The Labute approximate surface area is 206 Å². The zero-order valence-electron chi connectivity index (χ0n) is 20.1. The number of carboxylic acid groups (broad SMARTS) is 1. The van der Waals surface area contributed by atoms with Gasteiger partial charge in [0.2, 0.25) is 17.7 Å². The standard InChI is InChI=1S/C22H42N6O5S/c1-34-14-10-17(27-19(29)15-9-6-13-25-15)21(31)26-16(7-2-4-11-23)20(30)28-18(22(32)33)8-3-5-12-24/h15-18,25H,2-14,23-24H2,1H3,(H,26,31)(H,27,29)(H,28,30)(H,32,33). The number of hydrogen-bond acceptors (Lipinski definition) is 8. The molecule has 9 N–H and O–H groups in total. The largest absolute Gasteiger partial charge is 0.480 e. The fourth-order valence-electron chi connectivity index (χ4n) is 3.74. The van der Waals surface area contributed by atoms with Gasteiger partial charge in [0, 0.05) is 0 Å². The molecule has 3 amide bonds. The van der Waals surface area contributed by atoms with Crippen LogP contribution in [0.15, 0.2) is 0 Å². The summed E-state index contributed by atoms with van der Waals surface area (Å²) in [6, 6.07) is -3.09. The highest BCUT2D eigenvalue weighted by molar-refractivity contribution is 7.98. The van der Waals surface area contributed by atoms with Gasteiger partial charge in [-0.05, 0) is 89.4 Å². The topological polar surface area (TPSA) is 189 Å². The molecule has 0 aliphatic carbocycles. The molecule has 0 aromatic carbocycles. The van der Waals surface area contributed by atoms with E-state index in [1.165, 1.54) is 0 Å². The van der Waals surface area contributed by atoms with Crippen LogP contribution in [-0.2, 0) is 19.2 Å². The van der Waals surface area contributed by atoms with Crippen molar-refractivity contribution in [2.45, 2.75) is 82.0 Å². The second kappa shape index (κ2) is 17.5. The summed E-state index contributed by atoms with van der Waals surface area (Å²) in [6.07, 6.45) is 6.99. The van der Waals surface area contributed by atoms with E-state index in [0.717, 1.165) is 13.0 Å². The summed E-state index contributed by atoms with van der Waals surface area (Å²) in [6.45, 7) is 1.65. The second-order valence-electron chi connectivity index (χ2n) is 8.52. The molecule has 0 spiro atoms. The van der Waals surface area contributed by atoms with Crippen molar-refractivity contribution < 1.29 is 24.3 Å². The van der Waals surface area contributed by atoms with Crippen LogP contribution in [0, 0.1) is 0 Å². The Morgan fingerprint density at radius 2 is 1.47 bits per heavy atom. The van der Waals surface area contributed by atoms with Crippen molar-refractivity contribution in [1.82, 2.24) is 21.3 Å². The molecule has 11 nitrogen and oxygen atoms in total. The lowest BCUT2D eigenvalue weighted by Gasteiger charge is -2.25. The third kappa shape index (κ3) is 11.5. The monoisotopic (exact) mass is 502 g/mol. The number of rotatable bonds is 18. The van der Waals surface area contributed by atoms with Gasteiger partial charge in [-0.15, -0.1) is 0 Å². The van der Waals surface area contributed by atoms with Crippen LogP contribution in [0.5, 0.6) is 0 Å². The number of thioether (sulfide) groups is 1. The smallest absolute Gasteiger partial charge is 0.326 e. The van der Waals surface area contributed by atoms with Gasteiger partial charge in [-0.2, -0.15) is 11.8 Å². The number of carbonyl (C=O) groups is 4. The van der Waals surface area contributed by atoms with Gasteiger partial charge in [0.1, 0.15) is 18.1 Å². The Balaban J connectivity index is 2.86. The van der Waals surface area contributed by atoms with E-state index in [-0.39, 0.29) is 18.4 Å². The third-order valence-corrected chi connectivity index (χ3v) is 6.41. The molecular formula is C22H42N6O5S. The number of carboxylic acids is 1. The highest BCUT2D eigenvalue weighted by Crippen LogP contribution is 2.09. The lowest BCUT2D eigenvalue weighted by Crippen LogP contribution is -2.57. The first-order valence-corrected chi connectivity index (χ1v) is 13.5. The number of aliphatic carboxylic acids is 1. The van der Waals surface area contributed by atoms with Crippen LogP contribution < -0.4 is 32.7 Å². The number of nitrogens with one attached hydrogen (secondary N) is 4. The Kier molecular flexibility index (Phi) is 15.5. The lowest BCUT2D eigenvalue weighted by molar-refractivity contribution is -0.142. The SMILES string of the molecule is CSCCC(NC(=O)C1CCCN1)C(=O)NC(CCCCN)C(=O)NC(CCCCN)C(=O)O. The Bertz CT molecular complexity index is 647. The number of nitrogens with two attached hydrogens (primary N) is 2. The van der Waals surface area contributed by atoms with E-state index in [0.29, 0.717) is 63.8 Å². The summed E-state index contributed by atoms with van der Waals surface area (Å²) in [4.78, 5) is 50.2. The maximum atomic E-state index is 13.1. The lowest BCUT2D eigenvalue weighted by atomic mass is 10.0. The molecule has 196 valence electrons. The average molecular weight is 503 g/mol. The van der Waals surface area contributed by atoms with Crippen molar-refractivity contribution in [3.8, 4) is 0 Å². The second-order valence-corrected chi connectivity index (χ2v) is 9.51. The summed E-state index contributed by atoms with van der Waals surface area (Å²) in [5, 5.41) is 20.7. The molecule has 1 aliphatic heterocycles. The molecule has 34 heavy (non-hydrogen) atoms. The summed E-state index contributed by atoms with van der Waals surface area (Å²) in [5.74, 6) is -1.72. The van der Waals surface area contributed by atoms with Crippen molar-refractivity contribution in [1.29, 1.82) is 0 Å². The molecule has 1 fully saturated rings. The predicted molar refractivity (Wildman–Crippen MR) is 133 cm³/mol. The van der Waals surface area contributed by atoms with Crippen molar-refractivity contribution in [3.05, 3.63) is 0 Å². The Hall–Kier alpha value is -1.89. The summed E-state index contributed by atoms with van der Waals surface area (Å²) in [7, 11) is 0. The minimum Gasteiger partial charge on any atom is -0.480 e. The number of amides is 3. The molecule has 1 rings (SSSR count). The van der Waals surface area contributed by atoms with E-state index in [2.05, 4.69) is 21.3 Å². The summed E-state index contributed by atoms with van der Waals surface area (Å²) < 4.78 is 0. The van der Waals surface area contributed by atoms with Gasteiger partial charge in [0.25, 0.3) is 0 Å². The highest BCUT2D eigenvalue weighted by atomic mass is 32.2. The first-order valence-electron chi connectivity index (χ1n) is 12.1. The Morgan fingerprint density at radius 1 is 0.912 bits per heavy atom. The van der Waals surface area contributed by atoms with Crippen molar-refractivity contribution in [3.63, 3.8) is 0 Å². The van der Waals surface area contributed by atoms with Gasteiger partial charge in [-0.3, -0.25) is 14.4 Å². The van der Waals surface area contributed by atoms with Gasteiger partial charge >= 0.3 is 5.97 Å². The van der Waals surface area contributed by atoms with Gasteiger partial charge in [0.05, 0.1) is 6.04 Å². The molecule has 4 atom stereocenters. The zero-order valence-corrected chi connectivity index (χ0v) is 21.0. The minimum atomic E-state index is -1.13. The molecule has 12 heteroatoms. The van der Waals surface area contributed by atoms with Gasteiger partial charge in [-0.1, -0.05) is 0 Å². The first kappa shape index (κ1) is 30.1. The predicted octanol–water partition coefficient (Wildman–Crippen LogP) is -0.711. The number of carbonyl (C=O) groups excluding carboxylic acids is 3. The van der Waals surface area contributed by atoms with Crippen molar-refractivity contribution >= 4 is 35.5 Å². The van der Waals surface area contributed by atoms with Crippen LogP contribution in [0.3, 0.4) is 0 Å². The third-order valence-electron chi connectivity index (χ3n) is 5.76. The highest BCUT2D eigenvalue weighted by Gasteiger charge is 2.31. The van der Waals surface area contributed by atoms with Crippen molar-refractivity contribution in [2.75, 3.05) is 31.6 Å². The van der Waals surface area contributed by atoms with Crippen LogP contribution in [-0.4, -0.2) is 84.6 Å². The van der Waals surface area contributed by atoms with E-state index < -0.39 is 35.9 Å². The van der Waals surface area contributed by atoms with Gasteiger partial charge in [-0.25, -0.2) is 4.79 Å². The van der Waals surface area contributed by atoms with E-state index in [1.54, 1.807) is 11.8 Å². The molecule has 0 bridgehead atoms. The molecule has 0 aromatic heterocycles. The molecule has 0 radical (unpaired) electrons. The maximum absolute atomic E-state index is 13.1. The first-order chi connectivity index (χ1) is 16.3. The summed E-state index contributed by atoms with van der Waals surface area (Å²) >= 11 is 1.56. The van der Waals surface area contributed by atoms with Crippen LogP contribution >= 0.6 is 11.8 Å². The normalized spacial score (nSPS) is 18.0. The van der Waals surface area contributed by atoms with Crippen LogP contribution in [0.25, 0.3) is 0 Å². The van der Waals surface area contributed by atoms with Crippen LogP contribution in [0.2, 0.25) is 0 Å².